The van der Waals surface area contributed by atoms with Crippen molar-refractivity contribution in [1.29, 1.82) is 0 Å². The number of benzene rings is 1. The summed E-state index contributed by atoms with van der Waals surface area (Å²) >= 11 is 0. The van der Waals surface area contributed by atoms with Gasteiger partial charge in [-0.1, -0.05) is 18.2 Å². The van der Waals surface area contributed by atoms with E-state index in [0.29, 0.717) is 19.6 Å². The number of rotatable bonds is 5. The summed E-state index contributed by atoms with van der Waals surface area (Å²) in [7, 11) is 0. The van der Waals surface area contributed by atoms with Gasteiger partial charge in [0.15, 0.2) is 0 Å². The van der Waals surface area contributed by atoms with Crippen LogP contribution in [0, 0.1) is 20.8 Å². The lowest BCUT2D eigenvalue weighted by Crippen LogP contribution is -2.40. The van der Waals surface area contributed by atoms with Crippen LogP contribution in [0.5, 0.6) is 5.75 Å². The normalized spacial score (nSPS) is 16.9. The lowest BCUT2D eigenvalue weighted by atomic mass is 10.2. The zero-order valence-corrected chi connectivity index (χ0v) is 15.2. The fourth-order valence-corrected chi connectivity index (χ4v) is 3.09. The summed E-state index contributed by atoms with van der Waals surface area (Å²) in [6.07, 6.45) is 0.922. The second kappa shape index (κ2) is 7.59. The van der Waals surface area contributed by atoms with Gasteiger partial charge in [-0.05, 0) is 38.5 Å². The number of hydrogen-bond donors (Lipinski definition) is 1. The number of nitrogens with one attached hydrogen (secondary N) is 1. The zero-order chi connectivity index (χ0) is 17.8. The van der Waals surface area contributed by atoms with Crippen LogP contribution >= 0.6 is 0 Å². The fraction of sp³-hybridized carbons (Fsp3) is 0.474. The summed E-state index contributed by atoms with van der Waals surface area (Å²) in [5.74, 6) is 0.856. The molecule has 2 heterocycles. The van der Waals surface area contributed by atoms with Crippen molar-refractivity contribution in [2.75, 3.05) is 19.6 Å². The highest BCUT2D eigenvalue weighted by Gasteiger charge is 2.27. The van der Waals surface area contributed by atoms with E-state index in [2.05, 4.69) is 24.3 Å². The second-order valence-corrected chi connectivity index (χ2v) is 6.54. The highest BCUT2D eigenvalue weighted by molar-refractivity contribution is 5.74. The Morgan fingerprint density at radius 3 is 2.72 bits per heavy atom. The van der Waals surface area contributed by atoms with Gasteiger partial charge in [0.05, 0.1) is 18.8 Å². The lowest BCUT2D eigenvalue weighted by molar-refractivity contribution is 0.186. The maximum Gasteiger partial charge on any atom is 0.317 e. The topological polar surface area (TPSA) is 59.4 Å². The first kappa shape index (κ1) is 17.3. The van der Waals surface area contributed by atoms with Gasteiger partial charge < -0.3 is 15.0 Å². The number of ether oxygens (including phenoxy) is 1. The van der Waals surface area contributed by atoms with Crippen LogP contribution in [0.25, 0.3) is 0 Å². The van der Waals surface area contributed by atoms with Gasteiger partial charge in [0.2, 0.25) is 0 Å². The summed E-state index contributed by atoms with van der Waals surface area (Å²) in [6, 6.07) is 9.73. The number of nitrogens with zero attached hydrogens (tertiary/aromatic N) is 3. The highest BCUT2D eigenvalue weighted by atomic mass is 16.5. The van der Waals surface area contributed by atoms with Gasteiger partial charge in [-0.25, -0.2) is 4.79 Å². The van der Waals surface area contributed by atoms with Crippen molar-refractivity contribution in [2.24, 2.45) is 0 Å². The number of aryl methyl sites for hydroxylation is 1. The number of amides is 2. The maximum atomic E-state index is 12.3. The van der Waals surface area contributed by atoms with Crippen molar-refractivity contribution >= 4 is 6.03 Å². The largest absolute Gasteiger partial charge is 0.489 e. The van der Waals surface area contributed by atoms with Gasteiger partial charge in [-0.15, -0.1) is 0 Å². The Labute approximate surface area is 148 Å². The summed E-state index contributed by atoms with van der Waals surface area (Å²) in [5, 5.41) is 7.48. The van der Waals surface area contributed by atoms with Crippen molar-refractivity contribution in [2.45, 2.75) is 39.8 Å². The molecule has 0 radical (unpaired) electrons. The molecule has 1 fully saturated rings. The van der Waals surface area contributed by atoms with Crippen LogP contribution in [-0.2, 0) is 6.54 Å². The Hall–Kier alpha value is -2.50. The molecule has 0 aliphatic carbocycles. The van der Waals surface area contributed by atoms with Gasteiger partial charge in [-0.3, -0.25) is 4.68 Å². The molecule has 1 aliphatic rings. The second-order valence-electron chi connectivity index (χ2n) is 6.54. The molecular weight excluding hydrogens is 316 g/mol. The molecule has 0 bridgehead atoms. The van der Waals surface area contributed by atoms with Crippen LogP contribution in [0.15, 0.2) is 30.3 Å². The molecule has 1 saturated heterocycles. The van der Waals surface area contributed by atoms with E-state index in [1.54, 1.807) is 0 Å². The number of para-hydroxylation sites is 1. The minimum atomic E-state index is -0.0302. The molecule has 6 nitrogen and oxygen atoms in total. The Balaban J connectivity index is 1.44. The van der Waals surface area contributed by atoms with E-state index in [-0.39, 0.29) is 12.1 Å². The van der Waals surface area contributed by atoms with Crippen molar-refractivity contribution in [3.8, 4) is 5.75 Å². The molecule has 1 aromatic carbocycles. The SMILES string of the molecule is Cc1nn(CCNC(=O)N2CC[C@H](Oc3ccccc3)C2)c(C)c1C. The summed E-state index contributed by atoms with van der Waals surface area (Å²) in [5.41, 5.74) is 3.42. The van der Waals surface area contributed by atoms with Gasteiger partial charge >= 0.3 is 6.03 Å². The Bertz CT molecular complexity index is 727. The van der Waals surface area contributed by atoms with Crippen molar-refractivity contribution in [3.05, 3.63) is 47.3 Å². The standard InChI is InChI=1S/C19H26N4O2/c1-14-15(2)21-23(16(14)3)12-10-20-19(24)22-11-9-18(13-22)25-17-7-5-4-6-8-17/h4-8,18H,9-13H2,1-3H3,(H,20,24)/t18-/m0/s1. The molecule has 0 saturated carbocycles. The molecular formula is C19H26N4O2. The van der Waals surface area contributed by atoms with Crippen molar-refractivity contribution in [1.82, 2.24) is 20.0 Å². The molecule has 2 amide bonds. The molecule has 6 heteroatoms. The van der Waals surface area contributed by atoms with Gasteiger partial charge in [-0.2, -0.15) is 5.10 Å². The molecule has 1 atom stereocenters. The number of carbonyl (C=O) groups excluding carboxylic acids is 1. The predicted molar refractivity (Wildman–Crippen MR) is 96.9 cm³/mol. The quantitative estimate of drug-likeness (QED) is 0.909. The maximum absolute atomic E-state index is 12.3. The highest BCUT2D eigenvalue weighted by Crippen LogP contribution is 2.18. The van der Waals surface area contributed by atoms with Gasteiger partial charge in [0, 0.05) is 25.2 Å². The van der Waals surface area contributed by atoms with E-state index < -0.39 is 0 Å². The van der Waals surface area contributed by atoms with E-state index in [0.717, 1.165) is 30.1 Å². The van der Waals surface area contributed by atoms with E-state index in [1.165, 1.54) is 5.56 Å². The summed E-state index contributed by atoms with van der Waals surface area (Å²) < 4.78 is 7.88. The molecule has 134 valence electrons. The van der Waals surface area contributed by atoms with Crippen LogP contribution in [0.4, 0.5) is 4.79 Å². The third-order valence-corrected chi connectivity index (χ3v) is 4.82. The molecule has 0 unspecified atom stereocenters. The number of likely N-dealkylation sites (tertiary alicyclic amines) is 1. The van der Waals surface area contributed by atoms with Crippen LogP contribution in [-0.4, -0.2) is 46.4 Å². The van der Waals surface area contributed by atoms with Crippen LogP contribution in [0.2, 0.25) is 0 Å². The first-order valence-electron chi connectivity index (χ1n) is 8.79. The van der Waals surface area contributed by atoms with E-state index in [9.17, 15) is 4.79 Å². The number of carbonyl (C=O) groups is 1. The first-order chi connectivity index (χ1) is 12.0. The molecule has 1 N–H and O–H groups in total. The number of urea groups is 1. The Kier molecular flexibility index (Phi) is 5.26. The van der Waals surface area contributed by atoms with Gasteiger partial charge in [0.1, 0.15) is 11.9 Å². The average molecular weight is 342 g/mol. The van der Waals surface area contributed by atoms with Crippen molar-refractivity contribution in [3.63, 3.8) is 0 Å². The van der Waals surface area contributed by atoms with Crippen molar-refractivity contribution < 1.29 is 9.53 Å². The van der Waals surface area contributed by atoms with E-state index in [4.69, 9.17) is 4.74 Å². The van der Waals surface area contributed by atoms with E-state index in [1.807, 2.05) is 46.8 Å². The smallest absolute Gasteiger partial charge is 0.317 e. The molecule has 3 rings (SSSR count). The lowest BCUT2D eigenvalue weighted by Gasteiger charge is -2.18. The third-order valence-electron chi connectivity index (χ3n) is 4.82. The summed E-state index contributed by atoms with van der Waals surface area (Å²) in [6.45, 7) is 8.74. The third kappa shape index (κ3) is 4.13. The number of aromatic nitrogens is 2. The predicted octanol–water partition coefficient (Wildman–Crippen LogP) is 2.67. The molecule has 1 aromatic heterocycles. The molecule has 0 spiro atoms. The zero-order valence-electron chi connectivity index (χ0n) is 15.2. The number of hydrogen-bond acceptors (Lipinski definition) is 3. The Morgan fingerprint density at radius 1 is 1.28 bits per heavy atom. The van der Waals surface area contributed by atoms with Crippen LogP contribution in [0.3, 0.4) is 0 Å². The minimum absolute atomic E-state index is 0.0302. The average Bonchev–Trinajstić information content (AvgIpc) is 3.17. The minimum Gasteiger partial charge on any atom is -0.489 e. The monoisotopic (exact) mass is 342 g/mol. The molecule has 1 aliphatic heterocycles. The molecule has 25 heavy (non-hydrogen) atoms. The first-order valence-corrected chi connectivity index (χ1v) is 8.79. The van der Waals surface area contributed by atoms with Gasteiger partial charge in [0.25, 0.3) is 0 Å². The van der Waals surface area contributed by atoms with Crippen LogP contribution in [0.1, 0.15) is 23.4 Å². The summed E-state index contributed by atoms with van der Waals surface area (Å²) in [4.78, 5) is 14.1. The fourth-order valence-electron chi connectivity index (χ4n) is 3.09. The Morgan fingerprint density at radius 2 is 2.04 bits per heavy atom. The molecule has 2 aromatic rings. The van der Waals surface area contributed by atoms with Crippen LogP contribution < -0.4 is 10.1 Å². The van der Waals surface area contributed by atoms with E-state index >= 15 is 0 Å².